The van der Waals surface area contributed by atoms with Gasteiger partial charge in [0, 0.05) is 18.0 Å². The Balaban J connectivity index is 1.33. The number of thiocarbonyl (C=S) groups is 1. The first-order valence-corrected chi connectivity index (χ1v) is 14.3. The van der Waals surface area contributed by atoms with E-state index in [4.69, 9.17) is 17.0 Å². The number of anilines is 1. The van der Waals surface area contributed by atoms with Crippen molar-refractivity contribution in [1.29, 1.82) is 0 Å². The molecular formula is C30H34N2O3S2. The van der Waals surface area contributed by atoms with Crippen LogP contribution in [0.15, 0.2) is 60.7 Å². The van der Waals surface area contributed by atoms with E-state index in [1.165, 1.54) is 12.0 Å². The van der Waals surface area contributed by atoms with E-state index in [0.29, 0.717) is 16.6 Å². The van der Waals surface area contributed by atoms with E-state index in [-0.39, 0.29) is 11.9 Å². The fourth-order valence-electron chi connectivity index (χ4n) is 5.86. The van der Waals surface area contributed by atoms with Crippen molar-refractivity contribution in [2.45, 2.75) is 44.6 Å². The molecule has 7 heteroatoms. The number of likely N-dealkylation sites (tertiary alicyclic amines) is 1. The van der Waals surface area contributed by atoms with Gasteiger partial charge in [-0.3, -0.25) is 0 Å². The van der Waals surface area contributed by atoms with Crippen LogP contribution in [0.1, 0.15) is 58.1 Å². The Morgan fingerprint density at radius 3 is 2.22 bits per heavy atom. The molecule has 2 heterocycles. The maximum atomic E-state index is 12.7. The first-order chi connectivity index (χ1) is 17.9. The van der Waals surface area contributed by atoms with E-state index in [2.05, 4.69) is 17.1 Å². The lowest BCUT2D eigenvalue weighted by Gasteiger charge is -2.43. The van der Waals surface area contributed by atoms with Gasteiger partial charge in [-0.05, 0) is 72.8 Å². The Bertz CT molecular complexity index is 1210. The molecule has 0 amide bonds. The quantitative estimate of drug-likeness (QED) is 0.309. The summed E-state index contributed by atoms with van der Waals surface area (Å²) in [4.78, 5) is 16.1. The number of carbonyl (C=O) groups is 1. The smallest absolute Gasteiger partial charge is 0.341 e. The van der Waals surface area contributed by atoms with Crippen LogP contribution in [0.25, 0.3) is 0 Å². The number of carbonyl (C=O) groups excluding carboxylic acids is 1. The van der Waals surface area contributed by atoms with Gasteiger partial charge in [0.2, 0.25) is 0 Å². The molecule has 194 valence electrons. The summed E-state index contributed by atoms with van der Waals surface area (Å²) < 4.78 is 5.13. The van der Waals surface area contributed by atoms with Crippen molar-refractivity contribution in [3.05, 3.63) is 87.8 Å². The van der Waals surface area contributed by atoms with Crippen molar-refractivity contribution in [3.8, 4) is 0 Å². The van der Waals surface area contributed by atoms with Gasteiger partial charge in [-0.25, -0.2) is 4.79 Å². The van der Waals surface area contributed by atoms with Crippen LogP contribution >= 0.6 is 23.6 Å². The predicted octanol–water partition coefficient (Wildman–Crippen LogP) is 6.00. The Morgan fingerprint density at radius 1 is 1.05 bits per heavy atom. The highest BCUT2D eigenvalue weighted by Crippen LogP contribution is 2.43. The normalized spacial score (nSPS) is 18.2. The van der Waals surface area contributed by atoms with Gasteiger partial charge in [0.05, 0.1) is 12.7 Å². The van der Waals surface area contributed by atoms with Crippen LogP contribution in [-0.4, -0.2) is 41.3 Å². The summed E-state index contributed by atoms with van der Waals surface area (Å²) in [6.45, 7) is 3.72. The molecule has 1 aromatic heterocycles. The molecule has 1 aliphatic carbocycles. The molecule has 2 aromatic carbocycles. The minimum atomic E-state index is -1.06. The van der Waals surface area contributed by atoms with Crippen molar-refractivity contribution in [1.82, 2.24) is 4.90 Å². The van der Waals surface area contributed by atoms with Gasteiger partial charge < -0.3 is 20.1 Å². The van der Waals surface area contributed by atoms with Gasteiger partial charge in [0.25, 0.3) is 0 Å². The summed E-state index contributed by atoms with van der Waals surface area (Å²) in [5, 5.41) is 17.0. The van der Waals surface area contributed by atoms with Crippen molar-refractivity contribution in [2.75, 3.05) is 25.5 Å². The first-order valence-electron chi connectivity index (χ1n) is 13.0. The summed E-state index contributed by atoms with van der Waals surface area (Å²) in [6.07, 6.45) is 4.56. The number of thiophene rings is 1. The maximum absolute atomic E-state index is 12.7. The van der Waals surface area contributed by atoms with Crippen LogP contribution in [0.2, 0.25) is 0 Å². The molecule has 1 atom stereocenters. The molecule has 0 spiro atoms. The van der Waals surface area contributed by atoms with E-state index < -0.39 is 5.60 Å². The number of rotatable bonds is 5. The van der Waals surface area contributed by atoms with E-state index in [0.717, 1.165) is 66.9 Å². The zero-order valence-corrected chi connectivity index (χ0v) is 23.0. The fourth-order valence-corrected chi connectivity index (χ4v) is 7.60. The SMILES string of the molecule is COC(=O)c1c(NC(=S)N2CCC(C(O)(c3ccccc3)c3ccccc3)CC2)sc2c1CCC(C)C2. The molecular weight excluding hydrogens is 500 g/mol. The van der Waals surface area contributed by atoms with E-state index >= 15 is 0 Å². The van der Waals surface area contributed by atoms with Crippen LogP contribution in [0.4, 0.5) is 5.00 Å². The standard InChI is InChI=1S/C30H34N2O3S2/c1-20-13-14-24-25(19-20)37-27(26(24)28(33)35-2)31-29(36)32-17-15-23(16-18-32)30(34,21-9-5-3-6-10-21)22-11-7-4-8-12-22/h3-12,20,23,34H,13-19H2,1-2H3,(H,31,36). The monoisotopic (exact) mass is 534 g/mol. The number of nitrogens with one attached hydrogen (secondary N) is 1. The van der Waals surface area contributed by atoms with Gasteiger partial charge >= 0.3 is 5.97 Å². The molecule has 2 aliphatic rings. The third-order valence-corrected chi connectivity index (χ3v) is 9.45. The summed E-state index contributed by atoms with van der Waals surface area (Å²) in [7, 11) is 1.44. The molecule has 5 nitrogen and oxygen atoms in total. The zero-order valence-electron chi connectivity index (χ0n) is 21.4. The summed E-state index contributed by atoms with van der Waals surface area (Å²) in [5.74, 6) is 0.368. The second-order valence-electron chi connectivity index (χ2n) is 10.2. The highest BCUT2D eigenvalue weighted by molar-refractivity contribution is 7.80. The third kappa shape index (κ3) is 5.05. The largest absolute Gasteiger partial charge is 0.465 e. The minimum Gasteiger partial charge on any atom is -0.465 e. The Labute approximate surface area is 228 Å². The minimum absolute atomic E-state index is 0.0533. The van der Waals surface area contributed by atoms with Crippen LogP contribution in [0.3, 0.4) is 0 Å². The van der Waals surface area contributed by atoms with E-state index in [1.807, 2.05) is 60.7 Å². The van der Waals surface area contributed by atoms with Crippen molar-refractivity contribution in [3.63, 3.8) is 0 Å². The molecule has 5 rings (SSSR count). The summed E-state index contributed by atoms with van der Waals surface area (Å²) >= 11 is 7.46. The average molecular weight is 535 g/mol. The van der Waals surface area contributed by atoms with Gasteiger partial charge in [0.1, 0.15) is 10.6 Å². The first kappa shape index (κ1) is 25.9. The Morgan fingerprint density at radius 2 is 1.65 bits per heavy atom. The number of fused-ring (bicyclic) bond motifs is 1. The lowest BCUT2D eigenvalue weighted by atomic mass is 9.72. The fraction of sp³-hybridized carbons (Fsp3) is 0.400. The lowest BCUT2D eigenvalue weighted by Crippen LogP contribution is -2.47. The van der Waals surface area contributed by atoms with Crippen LogP contribution in [0.5, 0.6) is 0 Å². The maximum Gasteiger partial charge on any atom is 0.341 e. The summed E-state index contributed by atoms with van der Waals surface area (Å²) in [5.41, 5.74) is 2.54. The van der Waals surface area contributed by atoms with Crippen molar-refractivity contribution in [2.24, 2.45) is 11.8 Å². The van der Waals surface area contributed by atoms with E-state index in [9.17, 15) is 9.90 Å². The molecule has 1 saturated heterocycles. The van der Waals surface area contributed by atoms with Crippen molar-refractivity contribution < 1.29 is 14.6 Å². The van der Waals surface area contributed by atoms with Crippen LogP contribution in [0, 0.1) is 11.8 Å². The number of esters is 1. The third-order valence-electron chi connectivity index (χ3n) is 7.92. The van der Waals surface area contributed by atoms with E-state index in [1.54, 1.807) is 11.3 Å². The molecule has 0 radical (unpaired) electrons. The Hall–Kier alpha value is -2.74. The number of aliphatic hydroxyl groups is 1. The molecule has 1 unspecified atom stereocenters. The predicted molar refractivity (Wildman–Crippen MR) is 153 cm³/mol. The van der Waals surface area contributed by atoms with Gasteiger partial charge in [-0.2, -0.15) is 0 Å². The number of benzene rings is 2. The molecule has 0 bridgehead atoms. The van der Waals surface area contributed by atoms with Crippen molar-refractivity contribution >= 4 is 39.6 Å². The van der Waals surface area contributed by atoms with Gasteiger partial charge in [-0.1, -0.05) is 67.6 Å². The highest BCUT2D eigenvalue weighted by atomic mass is 32.1. The molecule has 37 heavy (non-hydrogen) atoms. The number of hydrogen-bond donors (Lipinski definition) is 2. The average Bonchev–Trinajstić information content (AvgIpc) is 3.29. The zero-order chi connectivity index (χ0) is 26.0. The second-order valence-corrected chi connectivity index (χ2v) is 11.7. The van der Waals surface area contributed by atoms with Crippen LogP contribution in [-0.2, 0) is 23.2 Å². The summed E-state index contributed by atoms with van der Waals surface area (Å²) in [6, 6.07) is 19.9. The van der Waals surface area contributed by atoms with Crippen LogP contribution < -0.4 is 5.32 Å². The second kappa shape index (κ2) is 10.9. The highest BCUT2D eigenvalue weighted by Gasteiger charge is 2.42. The molecule has 1 fully saturated rings. The molecule has 1 aliphatic heterocycles. The number of methoxy groups -OCH3 is 1. The topological polar surface area (TPSA) is 61.8 Å². The number of nitrogens with zero attached hydrogens (tertiary/aromatic N) is 1. The van der Waals surface area contributed by atoms with Gasteiger partial charge in [0.15, 0.2) is 5.11 Å². The molecule has 0 saturated carbocycles. The number of piperidine rings is 1. The lowest BCUT2D eigenvalue weighted by molar-refractivity contribution is -0.00631. The molecule has 2 N–H and O–H groups in total. The number of ether oxygens (including phenoxy) is 1. The number of hydrogen-bond acceptors (Lipinski definition) is 5. The Kier molecular flexibility index (Phi) is 7.65. The van der Waals surface area contributed by atoms with Gasteiger partial charge in [-0.15, -0.1) is 11.3 Å². The molecule has 3 aromatic rings.